The molecule has 2 heterocycles. The highest BCUT2D eigenvalue weighted by Crippen LogP contribution is 2.38. The van der Waals surface area contributed by atoms with Crippen molar-refractivity contribution in [1.82, 2.24) is 14.7 Å². The number of fused-ring (bicyclic) bond motifs is 1. The van der Waals surface area contributed by atoms with Crippen LogP contribution >= 0.6 is 0 Å². The first-order chi connectivity index (χ1) is 16.3. The maximum Gasteiger partial charge on any atom is 0.281 e. The summed E-state index contributed by atoms with van der Waals surface area (Å²) in [6, 6.07) is 9.87. The minimum Gasteiger partial charge on any atom is -0.438 e. The van der Waals surface area contributed by atoms with Gasteiger partial charge in [-0.2, -0.15) is 8.42 Å². The zero-order valence-corrected chi connectivity index (χ0v) is 21.4. The van der Waals surface area contributed by atoms with E-state index in [0.717, 1.165) is 47.2 Å². The second kappa shape index (κ2) is 8.96. The first-order valence-corrected chi connectivity index (χ1v) is 12.9. The van der Waals surface area contributed by atoms with Gasteiger partial charge in [0.05, 0.1) is 0 Å². The summed E-state index contributed by atoms with van der Waals surface area (Å²) in [6.07, 6.45) is 2.41. The summed E-state index contributed by atoms with van der Waals surface area (Å²) < 4.78 is 34.0. The Bertz CT molecular complexity index is 1410. The van der Waals surface area contributed by atoms with Crippen LogP contribution < -0.4 is 15.2 Å². The fraction of sp³-hybridized carbons (Fsp3) is 0.346. The first-order valence-electron chi connectivity index (χ1n) is 11.4. The fourth-order valence-electron chi connectivity index (χ4n) is 4.43. The van der Waals surface area contributed by atoms with Gasteiger partial charge in [-0.3, -0.25) is 4.79 Å². The third kappa shape index (κ3) is 5.30. The van der Waals surface area contributed by atoms with E-state index < -0.39 is 15.9 Å². The van der Waals surface area contributed by atoms with Crippen LogP contribution in [-0.4, -0.2) is 24.3 Å². The van der Waals surface area contributed by atoms with Crippen molar-refractivity contribution in [2.75, 3.05) is 5.73 Å². The van der Waals surface area contributed by atoms with E-state index in [4.69, 9.17) is 15.5 Å². The van der Waals surface area contributed by atoms with Crippen LogP contribution in [0.25, 0.3) is 0 Å². The number of hydrogen-bond donors (Lipinski definition) is 2. The molecule has 0 spiro atoms. The normalized spacial score (nSPS) is 14.8. The van der Waals surface area contributed by atoms with Crippen LogP contribution in [0.15, 0.2) is 41.4 Å². The molecular formula is C26H30N4O4S. The number of ether oxygens (including phenoxy) is 1. The molecule has 0 aliphatic heterocycles. The van der Waals surface area contributed by atoms with Crippen LogP contribution in [-0.2, 0) is 22.9 Å². The highest BCUT2D eigenvalue weighted by molar-refractivity contribution is 7.90. The van der Waals surface area contributed by atoms with Crippen LogP contribution in [0.1, 0.15) is 58.6 Å². The number of carbonyl (C=O) groups excluding carboxylic acids is 1. The predicted octanol–water partition coefficient (Wildman–Crippen LogP) is 4.41. The van der Waals surface area contributed by atoms with Gasteiger partial charge in [-0.25, -0.2) is 14.7 Å². The van der Waals surface area contributed by atoms with Gasteiger partial charge in [-0.15, -0.1) is 0 Å². The third-order valence-electron chi connectivity index (χ3n) is 6.17. The number of anilines is 1. The van der Waals surface area contributed by atoms with Gasteiger partial charge < -0.3 is 10.5 Å². The van der Waals surface area contributed by atoms with Gasteiger partial charge >= 0.3 is 0 Å². The van der Waals surface area contributed by atoms with Crippen LogP contribution in [0.3, 0.4) is 0 Å². The molecule has 184 valence electrons. The second-order valence-electron chi connectivity index (χ2n) is 9.95. The fourth-order valence-corrected chi connectivity index (χ4v) is 5.37. The van der Waals surface area contributed by atoms with Crippen molar-refractivity contribution in [2.24, 2.45) is 5.41 Å². The van der Waals surface area contributed by atoms with Crippen LogP contribution in [0.4, 0.5) is 5.82 Å². The van der Waals surface area contributed by atoms with Crippen LogP contribution in [0.2, 0.25) is 0 Å². The molecule has 0 saturated carbocycles. The van der Waals surface area contributed by atoms with E-state index in [-0.39, 0.29) is 27.7 Å². The third-order valence-corrected chi connectivity index (χ3v) is 7.40. The predicted molar refractivity (Wildman–Crippen MR) is 134 cm³/mol. The highest BCUT2D eigenvalue weighted by Gasteiger charge is 2.30. The molecule has 0 saturated heterocycles. The Hall–Kier alpha value is -3.46. The van der Waals surface area contributed by atoms with E-state index in [2.05, 4.69) is 23.6 Å². The summed E-state index contributed by atoms with van der Waals surface area (Å²) in [5, 5.41) is -0.341. The topological polar surface area (TPSA) is 124 Å². The SMILES string of the molecule is Cc1cc(C)c(Oc2nc3c(cc2C(=O)NS(=O)(=O)c2cccc(N)n2)CCC(C)(C)C3)c(C)c1. The summed E-state index contributed by atoms with van der Waals surface area (Å²) in [4.78, 5) is 21.9. The molecule has 0 unspecified atom stereocenters. The highest BCUT2D eigenvalue weighted by atomic mass is 32.2. The lowest BCUT2D eigenvalue weighted by atomic mass is 9.76. The Labute approximate surface area is 206 Å². The molecule has 1 aliphatic rings. The van der Waals surface area contributed by atoms with Gasteiger partial charge in [0, 0.05) is 5.69 Å². The van der Waals surface area contributed by atoms with Crippen molar-refractivity contribution in [1.29, 1.82) is 0 Å². The Morgan fingerprint density at radius 1 is 1.09 bits per heavy atom. The number of nitrogens with two attached hydrogens (primary N) is 1. The standard InChI is InChI=1S/C26H30N4O4S/c1-15-11-16(2)23(17(3)12-15)34-25-19(13-18-9-10-26(4,5)14-20(18)28-25)24(31)30-35(32,33)22-8-6-7-21(27)29-22/h6-8,11-13H,9-10,14H2,1-5H3,(H2,27,29)(H,30,31). The number of nitrogens with one attached hydrogen (secondary N) is 1. The lowest BCUT2D eigenvalue weighted by Crippen LogP contribution is -2.32. The zero-order valence-electron chi connectivity index (χ0n) is 20.6. The van der Waals surface area contributed by atoms with Crippen molar-refractivity contribution in [3.05, 3.63) is 69.9 Å². The summed E-state index contributed by atoms with van der Waals surface area (Å²) in [5.41, 5.74) is 10.4. The van der Waals surface area contributed by atoms with Crippen LogP contribution in [0, 0.1) is 26.2 Å². The Kier molecular flexibility index (Phi) is 6.31. The van der Waals surface area contributed by atoms with Gasteiger partial charge in [0.1, 0.15) is 17.1 Å². The Morgan fingerprint density at radius 2 is 1.77 bits per heavy atom. The molecule has 4 rings (SSSR count). The van der Waals surface area contributed by atoms with E-state index in [9.17, 15) is 13.2 Å². The molecular weight excluding hydrogens is 464 g/mol. The van der Waals surface area contributed by atoms with Crippen molar-refractivity contribution >= 4 is 21.7 Å². The number of nitrogens with zero attached hydrogens (tertiary/aromatic N) is 2. The largest absolute Gasteiger partial charge is 0.438 e. The summed E-state index contributed by atoms with van der Waals surface area (Å²) in [5.74, 6) is -0.142. The Morgan fingerprint density at radius 3 is 2.43 bits per heavy atom. The minimum atomic E-state index is -4.26. The van der Waals surface area contributed by atoms with Gasteiger partial charge in [0.2, 0.25) is 5.88 Å². The first kappa shape index (κ1) is 24.7. The van der Waals surface area contributed by atoms with E-state index >= 15 is 0 Å². The molecule has 2 aromatic heterocycles. The Balaban J connectivity index is 1.77. The molecule has 35 heavy (non-hydrogen) atoms. The zero-order chi connectivity index (χ0) is 25.5. The average molecular weight is 495 g/mol. The molecule has 3 N–H and O–H groups in total. The number of nitrogen functional groups attached to an aromatic ring is 1. The molecule has 0 radical (unpaired) electrons. The summed E-state index contributed by atoms with van der Waals surface area (Å²) in [6.45, 7) is 10.2. The van der Waals surface area contributed by atoms with E-state index in [1.165, 1.54) is 18.2 Å². The number of aryl methyl sites for hydroxylation is 4. The molecule has 8 nitrogen and oxygen atoms in total. The van der Waals surface area contributed by atoms with E-state index in [1.54, 1.807) is 6.07 Å². The number of hydrogen-bond acceptors (Lipinski definition) is 7. The molecule has 0 atom stereocenters. The minimum absolute atomic E-state index is 0.0349. The molecule has 1 amide bonds. The maximum atomic E-state index is 13.3. The van der Waals surface area contributed by atoms with Crippen molar-refractivity contribution < 1.29 is 17.9 Å². The number of rotatable bonds is 5. The van der Waals surface area contributed by atoms with E-state index in [1.807, 2.05) is 32.9 Å². The van der Waals surface area contributed by atoms with Gasteiger partial charge in [-0.1, -0.05) is 37.6 Å². The number of amides is 1. The molecule has 1 aromatic carbocycles. The van der Waals surface area contributed by atoms with Gasteiger partial charge in [0.25, 0.3) is 15.9 Å². The number of aromatic nitrogens is 2. The lowest BCUT2D eigenvalue weighted by molar-refractivity contribution is 0.0978. The number of carbonyl (C=O) groups is 1. The monoisotopic (exact) mass is 494 g/mol. The molecule has 0 fully saturated rings. The lowest BCUT2D eigenvalue weighted by Gasteiger charge is -2.31. The average Bonchev–Trinajstić information content (AvgIpc) is 2.74. The van der Waals surface area contributed by atoms with E-state index in [0.29, 0.717) is 5.75 Å². The smallest absolute Gasteiger partial charge is 0.281 e. The van der Waals surface area contributed by atoms with Crippen molar-refractivity contribution in [3.8, 4) is 11.6 Å². The molecule has 3 aromatic rings. The summed E-state index contributed by atoms with van der Waals surface area (Å²) in [7, 11) is -4.26. The van der Waals surface area contributed by atoms with Crippen molar-refractivity contribution in [2.45, 2.75) is 58.9 Å². The molecule has 9 heteroatoms. The quantitative estimate of drug-likeness (QED) is 0.538. The van der Waals surface area contributed by atoms with Gasteiger partial charge in [0.15, 0.2) is 5.03 Å². The number of sulfonamides is 1. The summed E-state index contributed by atoms with van der Waals surface area (Å²) >= 11 is 0. The molecule has 0 bridgehead atoms. The maximum absolute atomic E-state index is 13.3. The second-order valence-corrected chi connectivity index (χ2v) is 11.6. The molecule has 1 aliphatic carbocycles. The number of benzene rings is 1. The van der Waals surface area contributed by atoms with Crippen molar-refractivity contribution in [3.63, 3.8) is 0 Å². The van der Waals surface area contributed by atoms with Crippen LogP contribution in [0.5, 0.6) is 11.6 Å². The number of pyridine rings is 2. The van der Waals surface area contributed by atoms with Gasteiger partial charge in [-0.05, 0) is 80.3 Å².